The molecule has 0 aliphatic carbocycles. The van der Waals surface area contributed by atoms with E-state index in [9.17, 15) is 14.7 Å². The van der Waals surface area contributed by atoms with Gasteiger partial charge in [-0.25, -0.2) is 0 Å². The number of amides is 1. The molecule has 35 heavy (non-hydrogen) atoms. The molecule has 1 amide bonds. The summed E-state index contributed by atoms with van der Waals surface area (Å²) >= 11 is 3.46. The van der Waals surface area contributed by atoms with Crippen molar-refractivity contribution >= 4 is 33.4 Å². The predicted molar refractivity (Wildman–Crippen MR) is 138 cm³/mol. The summed E-state index contributed by atoms with van der Waals surface area (Å²) in [5.41, 5.74) is 2.74. The number of carbonyl (C=O) groups is 2. The second-order valence-corrected chi connectivity index (χ2v) is 9.84. The van der Waals surface area contributed by atoms with Crippen LogP contribution in [0.15, 0.2) is 76.9 Å². The first-order chi connectivity index (χ1) is 16.8. The Morgan fingerprint density at radius 1 is 1.11 bits per heavy atom. The zero-order chi connectivity index (χ0) is 25.1. The van der Waals surface area contributed by atoms with Gasteiger partial charge in [-0.2, -0.15) is 0 Å². The summed E-state index contributed by atoms with van der Waals surface area (Å²) in [5, 5.41) is 11.3. The minimum absolute atomic E-state index is 0.0497. The number of carbonyl (C=O) groups excluding carboxylic acids is 2. The molecule has 0 spiro atoms. The number of rotatable bonds is 7. The molecule has 0 bridgehead atoms. The summed E-state index contributed by atoms with van der Waals surface area (Å²) in [7, 11) is 0. The van der Waals surface area contributed by atoms with Crippen molar-refractivity contribution < 1.29 is 19.4 Å². The van der Waals surface area contributed by atoms with Gasteiger partial charge >= 0.3 is 0 Å². The van der Waals surface area contributed by atoms with E-state index in [4.69, 9.17) is 4.74 Å². The summed E-state index contributed by atoms with van der Waals surface area (Å²) < 4.78 is 6.79. The van der Waals surface area contributed by atoms with Gasteiger partial charge in [0.15, 0.2) is 0 Å². The number of hydrogen-bond acceptors (Lipinski definition) is 5. The Hall–Kier alpha value is -3.45. The van der Waals surface area contributed by atoms with Gasteiger partial charge in [0.25, 0.3) is 11.7 Å². The first-order valence-corrected chi connectivity index (χ1v) is 12.2. The van der Waals surface area contributed by atoms with E-state index in [-0.39, 0.29) is 17.9 Å². The van der Waals surface area contributed by atoms with E-state index in [1.807, 2.05) is 43.3 Å². The van der Waals surface area contributed by atoms with Gasteiger partial charge in [0.05, 0.1) is 30.5 Å². The van der Waals surface area contributed by atoms with Crippen LogP contribution in [0, 0.1) is 12.8 Å². The number of benzene rings is 2. The topological polar surface area (TPSA) is 79.7 Å². The van der Waals surface area contributed by atoms with Crippen molar-refractivity contribution in [2.45, 2.75) is 33.4 Å². The van der Waals surface area contributed by atoms with Gasteiger partial charge < -0.3 is 14.7 Å². The number of likely N-dealkylation sites (tertiary alicyclic amines) is 1. The molecule has 1 aliphatic heterocycles. The fraction of sp³-hybridized carbons (Fsp3) is 0.250. The largest absolute Gasteiger partial charge is 0.507 e. The average Bonchev–Trinajstić information content (AvgIpc) is 3.09. The molecule has 0 radical (unpaired) electrons. The lowest BCUT2D eigenvalue weighted by atomic mass is 9.94. The number of hydrogen-bond donors (Lipinski definition) is 1. The number of aryl methyl sites for hydroxylation is 1. The number of aromatic nitrogens is 1. The lowest BCUT2D eigenvalue weighted by Crippen LogP contribution is -2.29. The lowest BCUT2D eigenvalue weighted by molar-refractivity contribution is -0.140. The number of ketones is 1. The van der Waals surface area contributed by atoms with Crippen LogP contribution < -0.4 is 4.74 Å². The molecular weight excluding hydrogens is 508 g/mol. The normalized spacial score (nSPS) is 17.3. The van der Waals surface area contributed by atoms with Crippen molar-refractivity contribution in [2.75, 3.05) is 6.61 Å². The smallest absolute Gasteiger partial charge is 0.296 e. The van der Waals surface area contributed by atoms with Crippen LogP contribution in [0.4, 0.5) is 0 Å². The van der Waals surface area contributed by atoms with Crippen molar-refractivity contribution in [1.82, 2.24) is 9.88 Å². The van der Waals surface area contributed by atoms with Gasteiger partial charge in [-0.05, 0) is 60.4 Å². The molecule has 180 valence electrons. The summed E-state index contributed by atoms with van der Waals surface area (Å²) in [4.78, 5) is 32.3. The zero-order valence-electron chi connectivity index (χ0n) is 19.9. The maximum Gasteiger partial charge on any atom is 0.296 e. The fourth-order valence-electron chi connectivity index (χ4n) is 4.04. The van der Waals surface area contributed by atoms with Gasteiger partial charge in [-0.3, -0.25) is 14.6 Å². The third kappa shape index (κ3) is 5.30. The van der Waals surface area contributed by atoms with Gasteiger partial charge in [0, 0.05) is 16.2 Å². The minimum Gasteiger partial charge on any atom is -0.507 e. The number of ether oxygens (including phenoxy) is 1. The SMILES string of the molecule is Cc1cc(/C(O)=C2/C(=O)C(=O)N(Cc3ccccn3)C2c2cccc(OCC(C)C)c2)ccc1Br. The minimum atomic E-state index is -0.788. The van der Waals surface area contributed by atoms with Gasteiger partial charge in [0.1, 0.15) is 11.5 Å². The van der Waals surface area contributed by atoms with Crippen LogP contribution in [0.3, 0.4) is 0 Å². The van der Waals surface area contributed by atoms with Crippen LogP contribution >= 0.6 is 15.9 Å². The molecular formula is C28H27BrN2O4. The highest BCUT2D eigenvalue weighted by Crippen LogP contribution is 2.41. The molecule has 3 aromatic rings. The number of halogens is 1. The third-order valence-corrected chi connectivity index (χ3v) is 6.68. The predicted octanol–water partition coefficient (Wildman–Crippen LogP) is 5.81. The van der Waals surface area contributed by atoms with E-state index in [2.05, 4.69) is 34.8 Å². The number of pyridine rings is 1. The Kier molecular flexibility index (Phi) is 7.36. The Morgan fingerprint density at radius 2 is 1.91 bits per heavy atom. The molecule has 4 rings (SSSR count). The van der Waals surface area contributed by atoms with Gasteiger partial charge in [0.2, 0.25) is 0 Å². The van der Waals surface area contributed by atoms with Crippen LogP contribution in [0.5, 0.6) is 5.75 Å². The maximum atomic E-state index is 13.3. The highest BCUT2D eigenvalue weighted by atomic mass is 79.9. The van der Waals surface area contributed by atoms with Crippen LogP contribution in [-0.2, 0) is 16.1 Å². The lowest BCUT2D eigenvalue weighted by Gasteiger charge is -2.25. The number of aliphatic hydroxyl groups is 1. The molecule has 1 N–H and O–H groups in total. The molecule has 2 heterocycles. The summed E-state index contributed by atoms with van der Waals surface area (Å²) in [6.07, 6.45) is 1.64. The molecule has 7 heteroatoms. The average molecular weight is 535 g/mol. The summed E-state index contributed by atoms with van der Waals surface area (Å²) in [6.45, 7) is 6.68. The Morgan fingerprint density at radius 3 is 2.60 bits per heavy atom. The Bertz CT molecular complexity index is 1290. The van der Waals surface area contributed by atoms with Crippen LogP contribution in [0.2, 0.25) is 0 Å². The van der Waals surface area contributed by atoms with E-state index in [1.165, 1.54) is 4.90 Å². The fourth-order valence-corrected chi connectivity index (χ4v) is 4.29. The van der Waals surface area contributed by atoms with E-state index >= 15 is 0 Å². The van der Waals surface area contributed by atoms with E-state index in [0.29, 0.717) is 35.1 Å². The van der Waals surface area contributed by atoms with Crippen molar-refractivity contribution in [3.8, 4) is 5.75 Å². The Balaban J connectivity index is 1.84. The molecule has 1 atom stereocenters. The summed E-state index contributed by atoms with van der Waals surface area (Å²) in [5.74, 6) is -0.629. The van der Waals surface area contributed by atoms with Crippen LogP contribution in [-0.4, -0.2) is 33.3 Å². The molecule has 1 saturated heterocycles. The van der Waals surface area contributed by atoms with Crippen molar-refractivity contribution in [2.24, 2.45) is 5.92 Å². The molecule has 1 fully saturated rings. The monoisotopic (exact) mass is 534 g/mol. The van der Waals surface area contributed by atoms with Gasteiger partial charge in [-0.15, -0.1) is 0 Å². The first-order valence-electron chi connectivity index (χ1n) is 11.4. The zero-order valence-corrected chi connectivity index (χ0v) is 21.5. The highest BCUT2D eigenvalue weighted by Gasteiger charge is 2.46. The maximum absolute atomic E-state index is 13.3. The number of nitrogens with zero attached hydrogens (tertiary/aromatic N) is 2. The quantitative estimate of drug-likeness (QED) is 0.235. The standard InChI is InChI=1S/C28H27BrN2O4/c1-17(2)16-35-22-9-6-7-19(14-22)25-24(26(32)20-10-11-23(29)18(3)13-20)27(33)28(34)31(25)15-21-8-4-5-12-30-21/h4-14,17,25,32H,15-16H2,1-3H3/b26-24-. The van der Waals surface area contributed by atoms with Crippen LogP contribution in [0.25, 0.3) is 5.76 Å². The highest BCUT2D eigenvalue weighted by molar-refractivity contribution is 9.10. The van der Waals surface area contributed by atoms with E-state index in [1.54, 1.807) is 30.5 Å². The first kappa shape index (κ1) is 24.7. The molecule has 0 saturated carbocycles. The number of Topliss-reactive ketones (excluding diaryl/α,β-unsaturated/α-hetero) is 1. The number of aliphatic hydroxyl groups excluding tert-OH is 1. The molecule has 2 aromatic carbocycles. The summed E-state index contributed by atoms with van der Waals surface area (Å²) in [6, 6.07) is 17.3. The van der Waals surface area contributed by atoms with E-state index in [0.717, 1.165) is 10.0 Å². The van der Waals surface area contributed by atoms with Crippen molar-refractivity contribution in [3.63, 3.8) is 0 Å². The van der Waals surface area contributed by atoms with Crippen molar-refractivity contribution in [1.29, 1.82) is 0 Å². The molecule has 6 nitrogen and oxygen atoms in total. The van der Waals surface area contributed by atoms with Crippen LogP contribution in [0.1, 0.15) is 42.3 Å². The second kappa shape index (κ2) is 10.4. The Labute approximate surface area is 213 Å². The second-order valence-electron chi connectivity index (χ2n) is 8.99. The van der Waals surface area contributed by atoms with Gasteiger partial charge in [-0.1, -0.05) is 54.0 Å². The molecule has 1 aliphatic rings. The van der Waals surface area contributed by atoms with E-state index < -0.39 is 17.7 Å². The molecule has 1 aromatic heterocycles. The molecule has 1 unspecified atom stereocenters. The van der Waals surface area contributed by atoms with Crippen molar-refractivity contribution in [3.05, 3.63) is 99.3 Å². The third-order valence-electron chi connectivity index (χ3n) is 5.79.